The van der Waals surface area contributed by atoms with E-state index in [0.29, 0.717) is 0 Å². The van der Waals surface area contributed by atoms with Gasteiger partial charge in [0.1, 0.15) is 10.4 Å². The molecule has 0 radical (unpaired) electrons. The summed E-state index contributed by atoms with van der Waals surface area (Å²) in [6, 6.07) is 10.3. The van der Waals surface area contributed by atoms with Crippen molar-refractivity contribution in [3.8, 4) is 5.75 Å². The lowest BCUT2D eigenvalue weighted by atomic mass is 10.0. The van der Waals surface area contributed by atoms with Gasteiger partial charge in [-0.25, -0.2) is 4.98 Å². The van der Waals surface area contributed by atoms with E-state index >= 15 is 0 Å². The van der Waals surface area contributed by atoms with Crippen LogP contribution in [0.1, 0.15) is 29.8 Å². The third-order valence-electron chi connectivity index (χ3n) is 3.28. The third kappa shape index (κ3) is 3.31. The molecule has 0 bridgehead atoms. The van der Waals surface area contributed by atoms with E-state index in [1.54, 1.807) is 7.11 Å². The Hall–Kier alpha value is -1.55. The van der Waals surface area contributed by atoms with E-state index in [1.165, 1.54) is 5.56 Å². The van der Waals surface area contributed by atoms with E-state index in [4.69, 9.17) is 4.74 Å². The second-order valence-corrected chi connectivity index (χ2v) is 5.69. The van der Waals surface area contributed by atoms with E-state index in [1.807, 2.05) is 25.1 Å². The molecule has 20 heavy (non-hydrogen) atoms. The zero-order chi connectivity index (χ0) is 14.7. The number of pyridine rings is 1. The largest absolute Gasteiger partial charge is 0.496 e. The van der Waals surface area contributed by atoms with Gasteiger partial charge in [-0.15, -0.1) is 0 Å². The molecule has 0 saturated carbocycles. The van der Waals surface area contributed by atoms with Crippen molar-refractivity contribution >= 4 is 21.6 Å². The number of rotatable bonds is 4. The van der Waals surface area contributed by atoms with Crippen molar-refractivity contribution in [2.45, 2.75) is 26.8 Å². The van der Waals surface area contributed by atoms with Gasteiger partial charge in [0, 0.05) is 5.56 Å². The summed E-state index contributed by atoms with van der Waals surface area (Å²) in [5, 5.41) is 3.49. The summed E-state index contributed by atoms with van der Waals surface area (Å²) < 4.78 is 6.29. The summed E-state index contributed by atoms with van der Waals surface area (Å²) in [6.07, 6.45) is 0. The Morgan fingerprint density at radius 2 is 1.95 bits per heavy atom. The molecule has 0 aliphatic rings. The van der Waals surface area contributed by atoms with Gasteiger partial charge in [0.25, 0.3) is 0 Å². The number of anilines is 1. The van der Waals surface area contributed by atoms with Crippen molar-refractivity contribution < 1.29 is 4.74 Å². The van der Waals surface area contributed by atoms with Gasteiger partial charge in [0.05, 0.1) is 24.5 Å². The SMILES string of the molecule is COc1ccc(C)cc1C(C)Nc1ccc(Br)nc1C. The van der Waals surface area contributed by atoms with Crippen molar-refractivity contribution in [1.29, 1.82) is 0 Å². The van der Waals surface area contributed by atoms with Gasteiger partial charge >= 0.3 is 0 Å². The van der Waals surface area contributed by atoms with E-state index in [2.05, 4.69) is 52.2 Å². The zero-order valence-electron chi connectivity index (χ0n) is 12.2. The fourth-order valence-electron chi connectivity index (χ4n) is 2.19. The number of aryl methyl sites for hydroxylation is 2. The maximum Gasteiger partial charge on any atom is 0.124 e. The monoisotopic (exact) mass is 334 g/mol. The molecule has 1 unspecified atom stereocenters. The predicted octanol–water partition coefficient (Wildman–Crippen LogP) is 4.64. The molecule has 4 heteroatoms. The predicted molar refractivity (Wildman–Crippen MR) is 86.4 cm³/mol. The standard InChI is InChI=1S/C16H19BrN2O/c1-10-5-7-15(20-4)13(9-10)11(2)18-14-6-8-16(17)19-12(14)3/h5-9,11,18H,1-4H3. The van der Waals surface area contributed by atoms with Gasteiger partial charge in [0.15, 0.2) is 0 Å². The lowest BCUT2D eigenvalue weighted by Crippen LogP contribution is -2.10. The van der Waals surface area contributed by atoms with Crippen molar-refractivity contribution in [3.63, 3.8) is 0 Å². The number of aromatic nitrogens is 1. The molecule has 2 aromatic rings. The molecule has 3 nitrogen and oxygen atoms in total. The summed E-state index contributed by atoms with van der Waals surface area (Å²) in [7, 11) is 1.70. The molecule has 2 rings (SSSR count). The lowest BCUT2D eigenvalue weighted by molar-refractivity contribution is 0.408. The van der Waals surface area contributed by atoms with Gasteiger partial charge in [-0.05, 0) is 54.9 Å². The van der Waals surface area contributed by atoms with Crippen LogP contribution in [-0.2, 0) is 0 Å². The third-order valence-corrected chi connectivity index (χ3v) is 3.72. The van der Waals surface area contributed by atoms with Crippen LogP contribution in [0.3, 0.4) is 0 Å². The lowest BCUT2D eigenvalue weighted by Gasteiger charge is -2.20. The van der Waals surface area contributed by atoms with Crippen molar-refractivity contribution in [1.82, 2.24) is 4.98 Å². The first-order chi connectivity index (χ1) is 9.51. The maximum atomic E-state index is 5.45. The number of methoxy groups -OCH3 is 1. The smallest absolute Gasteiger partial charge is 0.124 e. The molecule has 0 saturated heterocycles. The van der Waals surface area contributed by atoms with Gasteiger partial charge in [-0.3, -0.25) is 0 Å². The Bertz CT molecular complexity index is 613. The minimum Gasteiger partial charge on any atom is -0.496 e. The molecule has 0 spiro atoms. The van der Waals surface area contributed by atoms with Crippen LogP contribution in [0.2, 0.25) is 0 Å². The molecule has 0 aliphatic carbocycles. The summed E-state index contributed by atoms with van der Waals surface area (Å²) in [4.78, 5) is 4.40. The number of benzene rings is 1. The topological polar surface area (TPSA) is 34.1 Å². The quantitative estimate of drug-likeness (QED) is 0.827. The normalized spacial score (nSPS) is 12.1. The maximum absolute atomic E-state index is 5.45. The highest BCUT2D eigenvalue weighted by molar-refractivity contribution is 9.10. The highest BCUT2D eigenvalue weighted by atomic mass is 79.9. The van der Waals surface area contributed by atoms with E-state index in [0.717, 1.165) is 27.3 Å². The number of hydrogen-bond acceptors (Lipinski definition) is 3. The number of nitrogens with one attached hydrogen (secondary N) is 1. The molecule has 0 aliphatic heterocycles. The Balaban J connectivity index is 2.27. The van der Waals surface area contributed by atoms with E-state index in [9.17, 15) is 0 Å². The average Bonchev–Trinajstić information content (AvgIpc) is 2.41. The van der Waals surface area contributed by atoms with Gasteiger partial charge in [-0.1, -0.05) is 17.7 Å². The number of hydrogen-bond donors (Lipinski definition) is 1. The molecule has 1 aromatic heterocycles. The van der Waals surface area contributed by atoms with Gasteiger partial charge in [-0.2, -0.15) is 0 Å². The fraction of sp³-hybridized carbons (Fsp3) is 0.312. The number of halogens is 1. The summed E-state index contributed by atoms with van der Waals surface area (Å²) >= 11 is 3.38. The molecule has 0 amide bonds. The fourth-order valence-corrected chi connectivity index (χ4v) is 2.58. The second kappa shape index (κ2) is 6.27. The van der Waals surface area contributed by atoms with Crippen molar-refractivity contribution in [2.75, 3.05) is 12.4 Å². The van der Waals surface area contributed by atoms with Crippen LogP contribution in [-0.4, -0.2) is 12.1 Å². The van der Waals surface area contributed by atoms with Crippen LogP contribution in [0.4, 0.5) is 5.69 Å². The first-order valence-electron chi connectivity index (χ1n) is 6.55. The van der Waals surface area contributed by atoms with Gasteiger partial charge in [0.2, 0.25) is 0 Å². The second-order valence-electron chi connectivity index (χ2n) is 4.88. The molecule has 106 valence electrons. The van der Waals surface area contributed by atoms with Crippen LogP contribution < -0.4 is 10.1 Å². The zero-order valence-corrected chi connectivity index (χ0v) is 13.8. The highest BCUT2D eigenvalue weighted by Gasteiger charge is 2.13. The minimum atomic E-state index is 0.145. The number of nitrogens with zero attached hydrogens (tertiary/aromatic N) is 1. The van der Waals surface area contributed by atoms with E-state index < -0.39 is 0 Å². The van der Waals surface area contributed by atoms with Crippen LogP contribution in [0.25, 0.3) is 0 Å². The Morgan fingerprint density at radius 1 is 1.20 bits per heavy atom. The Morgan fingerprint density at radius 3 is 2.60 bits per heavy atom. The molecular formula is C16H19BrN2O. The molecular weight excluding hydrogens is 316 g/mol. The Kier molecular flexibility index (Phi) is 4.65. The van der Waals surface area contributed by atoms with Crippen LogP contribution in [0.5, 0.6) is 5.75 Å². The highest BCUT2D eigenvalue weighted by Crippen LogP contribution is 2.29. The molecule has 1 atom stereocenters. The summed E-state index contributed by atoms with van der Waals surface area (Å²) in [6.45, 7) is 6.20. The van der Waals surface area contributed by atoms with Crippen molar-refractivity contribution in [2.24, 2.45) is 0 Å². The summed E-state index contributed by atoms with van der Waals surface area (Å²) in [5.74, 6) is 0.901. The summed E-state index contributed by atoms with van der Waals surface area (Å²) in [5.41, 5.74) is 4.37. The molecule has 1 heterocycles. The Labute approximate surface area is 128 Å². The molecule has 1 aromatic carbocycles. The average molecular weight is 335 g/mol. The van der Waals surface area contributed by atoms with E-state index in [-0.39, 0.29) is 6.04 Å². The van der Waals surface area contributed by atoms with Crippen LogP contribution in [0.15, 0.2) is 34.9 Å². The molecule has 1 N–H and O–H groups in total. The van der Waals surface area contributed by atoms with Crippen LogP contribution in [0, 0.1) is 13.8 Å². The van der Waals surface area contributed by atoms with Gasteiger partial charge < -0.3 is 10.1 Å². The number of ether oxygens (including phenoxy) is 1. The first kappa shape index (κ1) is 14.9. The van der Waals surface area contributed by atoms with Crippen LogP contribution >= 0.6 is 15.9 Å². The minimum absolute atomic E-state index is 0.145. The first-order valence-corrected chi connectivity index (χ1v) is 7.34. The van der Waals surface area contributed by atoms with Crippen molar-refractivity contribution in [3.05, 3.63) is 51.8 Å². The molecule has 0 fully saturated rings.